The summed E-state index contributed by atoms with van der Waals surface area (Å²) in [7, 11) is 0. The third-order valence-corrected chi connectivity index (χ3v) is 7.33. The smallest absolute Gasteiger partial charge is 0.410 e. The molecule has 1 aromatic heterocycles. The number of hydrogen-bond donors (Lipinski definition) is 0. The van der Waals surface area contributed by atoms with Gasteiger partial charge in [-0.1, -0.05) is 24.3 Å². The van der Waals surface area contributed by atoms with Gasteiger partial charge in [0.25, 0.3) is 0 Å². The summed E-state index contributed by atoms with van der Waals surface area (Å²) in [6.07, 6.45) is 2.93. The van der Waals surface area contributed by atoms with Gasteiger partial charge < -0.3 is 14.4 Å². The zero-order chi connectivity index (χ0) is 29.5. The first-order valence-electron chi connectivity index (χ1n) is 14.1. The molecule has 2 amide bonds. The lowest BCUT2D eigenvalue weighted by Gasteiger charge is -2.39. The van der Waals surface area contributed by atoms with Gasteiger partial charge >= 0.3 is 6.09 Å². The van der Waals surface area contributed by atoms with E-state index >= 15 is 0 Å². The van der Waals surface area contributed by atoms with Crippen molar-refractivity contribution >= 4 is 40.4 Å². The Kier molecular flexibility index (Phi) is 7.70. The van der Waals surface area contributed by atoms with E-state index in [1.54, 1.807) is 24.3 Å². The molecule has 0 N–H and O–H groups in total. The molecule has 3 aromatic rings. The Morgan fingerprint density at radius 2 is 1.78 bits per heavy atom. The van der Waals surface area contributed by atoms with Crippen LogP contribution in [0.25, 0.3) is 17.0 Å². The van der Waals surface area contributed by atoms with Gasteiger partial charge in [0, 0.05) is 30.5 Å². The number of anilines is 1. The normalized spacial score (nSPS) is 21.7. The maximum absolute atomic E-state index is 13.3. The van der Waals surface area contributed by atoms with E-state index in [2.05, 4.69) is 0 Å². The minimum Gasteiger partial charge on any atom is -0.444 e. The number of nitrogens with zero attached hydrogens (tertiary/aromatic N) is 3. The first-order chi connectivity index (χ1) is 19.4. The second-order valence-electron chi connectivity index (χ2n) is 12.0. The highest BCUT2D eigenvalue weighted by Crippen LogP contribution is 2.35. The number of hydrogen-bond acceptors (Lipinski definition) is 6. The molecule has 2 aromatic carbocycles. The van der Waals surface area contributed by atoms with Crippen LogP contribution in [0.1, 0.15) is 76.0 Å². The molecular formula is C33H37N3O5. The summed E-state index contributed by atoms with van der Waals surface area (Å²) in [4.78, 5) is 46.9. The zero-order valence-electron chi connectivity index (χ0n) is 24.5. The predicted molar refractivity (Wildman–Crippen MR) is 158 cm³/mol. The third kappa shape index (κ3) is 6.17. The number of ether oxygens (including phenoxy) is 2. The summed E-state index contributed by atoms with van der Waals surface area (Å²) in [5, 5.41) is 0.909. The summed E-state index contributed by atoms with van der Waals surface area (Å²) < 4.78 is 11.7. The van der Waals surface area contributed by atoms with Crippen molar-refractivity contribution in [3.05, 3.63) is 77.1 Å². The van der Waals surface area contributed by atoms with Crippen molar-refractivity contribution in [1.82, 2.24) is 9.88 Å². The number of rotatable bonds is 4. The summed E-state index contributed by atoms with van der Waals surface area (Å²) >= 11 is 0. The number of Topliss-reactive ketones (excluding diaryl/α,β-unsaturated/α-hetero) is 1. The van der Waals surface area contributed by atoms with Gasteiger partial charge in [0.05, 0.1) is 34.8 Å². The molecule has 1 fully saturated rings. The second-order valence-corrected chi connectivity index (χ2v) is 12.0. The van der Waals surface area contributed by atoms with Crippen LogP contribution in [-0.2, 0) is 20.8 Å². The van der Waals surface area contributed by atoms with Crippen LogP contribution in [0, 0.1) is 0 Å². The van der Waals surface area contributed by atoms with Gasteiger partial charge in [-0.05, 0) is 89.4 Å². The lowest BCUT2D eigenvalue weighted by molar-refractivity contribution is -0.116. The van der Waals surface area contributed by atoms with Crippen LogP contribution in [0.2, 0.25) is 0 Å². The molecular weight excluding hydrogens is 518 g/mol. The Labute approximate surface area is 240 Å². The number of benzene rings is 2. The average Bonchev–Trinajstić information content (AvgIpc) is 3.17. The van der Waals surface area contributed by atoms with Crippen LogP contribution in [-0.4, -0.2) is 51.5 Å². The number of carbonyl (C=O) groups excluding carboxylic acids is 3. The minimum absolute atomic E-state index is 0.00344. The third-order valence-electron chi connectivity index (χ3n) is 7.33. The van der Waals surface area contributed by atoms with Crippen molar-refractivity contribution in [3.8, 4) is 0 Å². The average molecular weight is 556 g/mol. The van der Waals surface area contributed by atoms with Gasteiger partial charge in [0.2, 0.25) is 11.7 Å². The summed E-state index contributed by atoms with van der Waals surface area (Å²) in [5.41, 5.74) is 3.07. The number of aromatic nitrogens is 1. The molecule has 0 aliphatic carbocycles. The standard InChI is InChI=1S/C33H37N3O5/c1-20-15-26(16-21(2)40-20)35(32(39)41-33(4,5)6)19-23-11-14-28-24(17-23)12-13-25(34-28)18-30-31(38)27-9-7-8-10-29(27)36(30)22(3)37/h7-14,17-18,20-21,26H,15-16,19H2,1-6H3/b30-18-/t20-,21+,26?. The minimum atomic E-state index is -0.601. The molecule has 3 heterocycles. The number of allylic oxidation sites excluding steroid dienone is 1. The summed E-state index contributed by atoms with van der Waals surface area (Å²) in [5.74, 6) is -0.435. The van der Waals surface area contributed by atoms with E-state index in [9.17, 15) is 14.4 Å². The molecule has 2 aliphatic rings. The van der Waals surface area contributed by atoms with E-state index in [-0.39, 0.29) is 41.7 Å². The first kappa shape index (κ1) is 28.5. The Hall–Kier alpha value is -4.04. The van der Waals surface area contributed by atoms with E-state index < -0.39 is 5.60 Å². The molecule has 0 bridgehead atoms. The highest BCUT2D eigenvalue weighted by molar-refractivity contribution is 6.26. The van der Waals surface area contributed by atoms with Gasteiger partial charge in [0.15, 0.2) is 0 Å². The van der Waals surface area contributed by atoms with Gasteiger partial charge in [-0.2, -0.15) is 0 Å². The number of fused-ring (bicyclic) bond motifs is 2. The van der Waals surface area contributed by atoms with Crippen LogP contribution in [0.5, 0.6) is 0 Å². The van der Waals surface area contributed by atoms with Gasteiger partial charge in [-0.15, -0.1) is 0 Å². The van der Waals surface area contributed by atoms with Crippen molar-refractivity contribution in [2.75, 3.05) is 4.90 Å². The first-order valence-corrected chi connectivity index (χ1v) is 14.1. The number of para-hydroxylation sites is 1. The van der Waals surface area contributed by atoms with E-state index in [0.29, 0.717) is 23.5 Å². The Morgan fingerprint density at radius 1 is 1.07 bits per heavy atom. The fourth-order valence-corrected chi connectivity index (χ4v) is 5.69. The van der Waals surface area contributed by atoms with Gasteiger partial charge in [0.1, 0.15) is 5.60 Å². The quantitative estimate of drug-likeness (QED) is 0.341. The van der Waals surface area contributed by atoms with Crippen molar-refractivity contribution in [2.45, 2.75) is 84.8 Å². The van der Waals surface area contributed by atoms with E-state index in [1.807, 2.05) is 75.9 Å². The maximum atomic E-state index is 13.3. The summed E-state index contributed by atoms with van der Waals surface area (Å²) in [6.45, 7) is 11.6. The van der Waals surface area contributed by atoms with Gasteiger partial charge in [-0.25, -0.2) is 9.78 Å². The maximum Gasteiger partial charge on any atom is 0.410 e. The Balaban J connectivity index is 1.42. The van der Waals surface area contributed by atoms with Crippen LogP contribution in [0.3, 0.4) is 0 Å². The van der Waals surface area contributed by atoms with Crippen LogP contribution in [0.4, 0.5) is 10.5 Å². The number of amides is 2. The number of carbonyl (C=O) groups is 3. The SMILES string of the molecule is CC(=O)N1/C(=C\c2ccc3cc(CN(C(=O)OC(C)(C)C)C4C[C@@H](C)O[C@@H](C)C4)ccc3n2)C(=O)c2ccccc21. The zero-order valence-corrected chi connectivity index (χ0v) is 24.5. The molecule has 8 heteroatoms. The highest BCUT2D eigenvalue weighted by atomic mass is 16.6. The molecule has 0 spiro atoms. The van der Waals surface area contributed by atoms with E-state index in [0.717, 1.165) is 29.3 Å². The topological polar surface area (TPSA) is 89.0 Å². The van der Waals surface area contributed by atoms with Crippen molar-refractivity contribution < 1.29 is 23.9 Å². The molecule has 1 saturated heterocycles. The second kappa shape index (κ2) is 11.1. The van der Waals surface area contributed by atoms with Crippen LogP contribution < -0.4 is 4.90 Å². The fourth-order valence-electron chi connectivity index (χ4n) is 5.69. The van der Waals surface area contributed by atoms with Crippen LogP contribution >= 0.6 is 0 Å². The Morgan fingerprint density at radius 3 is 2.46 bits per heavy atom. The van der Waals surface area contributed by atoms with E-state index in [1.165, 1.54) is 11.8 Å². The molecule has 214 valence electrons. The molecule has 5 rings (SSSR count). The molecule has 1 unspecified atom stereocenters. The van der Waals surface area contributed by atoms with Crippen molar-refractivity contribution in [1.29, 1.82) is 0 Å². The largest absolute Gasteiger partial charge is 0.444 e. The molecule has 0 radical (unpaired) electrons. The predicted octanol–water partition coefficient (Wildman–Crippen LogP) is 6.52. The highest BCUT2D eigenvalue weighted by Gasteiger charge is 2.35. The van der Waals surface area contributed by atoms with Crippen molar-refractivity contribution in [3.63, 3.8) is 0 Å². The van der Waals surface area contributed by atoms with Crippen molar-refractivity contribution in [2.24, 2.45) is 0 Å². The van der Waals surface area contributed by atoms with Gasteiger partial charge in [-0.3, -0.25) is 14.5 Å². The molecule has 41 heavy (non-hydrogen) atoms. The molecule has 2 aliphatic heterocycles. The monoisotopic (exact) mass is 555 g/mol. The molecule has 8 nitrogen and oxygen atoms in total. The lowest BCUT2D eigenvalue weighted by Crippen LogP contribution is -2.48. The molecule has 0 saturated carbocycles. The lowest BCUT2D eigenvalue weighted by atomic mass is 9.97. The fraction of sp³-hybridized carbons (Fsp3) is 0.394. The van der Waals surface area contributed by atoms with E-state index in [4.69, 9.17) is 14.5 Å². The van der Waals surface area contributed by atoms with Crippen LogP contribution in [0.15, 0.2) is 60.3 Å². The number of pyridine rings is 1. The summed E-state index contributed by atoms with van der Waals surface area (Å²) in [6, 6.07) is 16.8. The molecule has 3 atom stereocenters. The number of ketones is 1. The Bertz CT molecular complexity index is 1530.